The molecule has 5 nitrogen and oxygen atoms in total. The van der Waals surface area contributed by atoms with Crippen LogP contribution in [0.15, 0.2) is 30.3 Å². The molecular weight excluding hydrogens is 326 g/mol. The van der Waals surface area contributed by atoms with Crippen molar-refractivity contribution in [3.8, 4) is 0 Å². The fourth-order valence-electron chi connectivity index (χ4n) is 5.37. The van der Waals surface area contributed by atoms with E-state index in [2.05, 4.69) is 13.8 Å². The Morgan fingerprint density at radius 2 is 1.83 bits per heavy atom. The molecule has 0 radical (unpaired) electrons. The molecule has 2 saturated carbocycles. The van der Waals surface area contributed by atoms with Crippen LogP contribution in [-0.2, 0) is 14.8 Å². The lowest BCUT2D eigenvalue weighted by Gasteiger charge is -2.36. The SMILES string of the molecule is CC1(C)[C@@H]2CC[C@]13CS(=O)(=O)N(C(=O)C(=O)c1ccccc1)[C@@H]3C2. The minimum atomic E-state index is -3.75. The second kappa shape index (κ2) is 4.69. The van der Waals surface area contributed by atoms with Gasteiger partial charge in [-0.3, -0.25) is 9.59 Å². The number of Topliss-reactive ketones (excluding diaryl/α,β-unsaturated/α-hetero) is 1. The first-order valence-electron chi connectivity index (χ1n) is 8.36. The number of ketones is 1. The van der Waals surface area contributed by atoms with Crippen molar-refractivity contribution in [3.05, 3.63) is 35.9 Å². The summed E-state index contributed by atoms with van der Waals surface area (Å²) in [6, 6.07) is 7.81. The number of fused-ring (bicyclic) bond motifs is 1. The van der Waals surface area contributed by atoms with Gasteiger partial charge in [0.15, 0.2) is 0 Å². The van der Waals surface area contributed by atoms with Gasteiger partial charge < -0.3 is 0 Å². The lowest BCUT2D eigenvalue weighted by atomic mass is 9.69. The Morgan fingerprint density at radius 3 is 2.46 bits per heavy atom. The molecule has 1 aromatic carbocycles. The highest BCUT2D eigenvalue weighted by molar-refractivity contribution is 7.90. The highest BCUT2D eigenvalue weighted by atomic mass is 32.2. The predicted octanol–water partition coefficient (Wildman–Crippen LogP) is 2.24. The van der Waals surface area contributed by atoms with Crippen molar-refractivity contribution in [1.82, 2.24) is 4.31 Å². The zero-order valence-electron chi connectivity index (χ0n) is 13.9. The number of hydrogen-bond donors (Lipinski definition) is 0. The Balaban J connectivity index is 1.74. The molecule has 24 heavy (non-hydrogen) atoms. The van der Waals surface area contributed by atoms with Crippen LogP contribution in [0.5, 0.6) is 0 Å². The lowest BCUT2D eigenvalue weighted by molar-refractivity contribution is -0.124. The van der Waals surface area contributed by atoms with E-state index in [4.69, 9.17) is 0 Å². The maximum atomic E-state index is 12.8. The smallest absolute Gasteiger partial charge is 0.283 e. The fourth-order valence-corrected chi connectivity index (χ4v) is 7.88. The normalized spacial score (nSPS) is 35.0. The summed E-state index contributed by atoms with van der Waals surface area (Å²) in [7, 11) is -3.75. The Labute approximate surface area is 142 Å². The van der Waals surface area contributed by atoms with Crippen LogP contribution in [-0.4, -0.2) is 36.2 Å². The number of carbonyl (C=O) groups excluding carboxylic acids is 2. The fraction of sp³-hybridized carbons (Fsp3) is 0.556. The molecule has 3 fully saturated rings. The van der Waals surface area contributed by atoms with E-state index in [-0.39, 0.29) is 22.8 Å². The van der Waals surface area contributed by atoms with Gasteiger partial charge in [0, 0.05) is 11.0 Å². The van der Waals surface area contributed by atoms with Crippen LogP contribution in [0, 0.1) is 16.7 Å². The number of sulfonamides is 1. The third-order valence-corrected chi connectivity index (χ3v) is 8.74. The average Bonchev–Trinajstić information content (AvgIpc) is 3.01. The Kier molecular flexibility index (Phi) is 3.09. The summed E-state index contributed by atoms with van der Waals surface area (Å²) in [6.45, 7) is 4.24. The minimum Gasteiger partial charge on any atom is -0.283 e. The molecule has 2 aliphatic carbocycles. The largest absolute Gasteiger partial charge is 0.308 e. The third-order valence-electron chi connectivity index (χ3n) is 6.84. The maximum absolute atomic E-state index is 12.8. The molecule has 0 aromatic heterocycles. The van der Waals surface area contributed by atoms with E-state index in [0.717, 1.165) is 17.1 Å². The van der Waals surface area contributed by atoms with Gasteiger partial charge in [0.1, 0.15) is 0 Å². The number of rotatable bonds is 2. The van der Waals surface area contributed by atoms with Gasteiger partial charge in [-0.25, -0.2) is 12.7 Å². The molecule has 1 aliphatic heterocycles. The van der Waals surface area contributed by atoms with Gasteiger partial charge in [-0.15, -0.1) is 0 Å². The summed E-state index contributed by atoms with van der Waals surface area (Å²) in [4.78, 5) is 25.3. The van der Waals surface area contributed by atoms with E-state index in [0.29, 0.717) is 12.3 Å². The van der Waals surface area contributed by atoms with Crippen LogP contribution in [0.25, 0.3) is 0 Å². The van der Waals surface area contributed by atoms with E-state index in [1.165, 1.54) is 0 Å². The minimum absolute atomic E-state index is 0.0119. The zero-order valence-corrected chi connectivity index (χ0v) is 14.7. The first-order valence-corrected chi connectivity index (χ1v) is 9.97. The number of benzene rings is 1. The second-order valence-corrected chi connectivity index (χ2v) is 9.76. The first kappa shape index (κ1) is 15.8. The van der Waals surface area contributed by atoms with E-state index in [9.17, 15) is 18.0 Å². The Bertz CT molecular complexity index is 830. The maximum Gasteiger partial charge on any atom is 0.308 e. The molecule has 1 spiro atoms. The van der Waals surface area contributed by atoms with E-state index >= 15 is 0 Å². The second-order valence-electron chi connectivity index (χ2n) is 7.92. The first-order chi connectivity index (χ1) is 11.2. The number of amides is 1. The van der Waals surface area contributed by atoms with Crippen LogP contribution in [0.2, 0.25) is 0 Å². The summed E-state index contributed by atoms with van der Waals surface area (Å²) in [5.74, 6) is -1.23. The molecule has 1 saturated heterocycles. The molecule has 6 heteroatoms. The van der Waals surface area contributed by atoms with Crippen LogP contribution in [0.4, 0.5) is 0 Å². The average molecular weight is 347 g/mol. The van der Waals surface area contributed by atoms with Gasteiger partial charge in [0.2, 0.25) is 10.0 Å². The third kappa shape index (κ3) is 1.78. The molecule has 4 rings (SSSR count). The molecule has 1 amide bonds. The van der Waals surface area contributed by atoms with E-state index in [1.54, 1.807) is 30.3 Å². The van der Waals surface area contributed by atoms with Crippen molar-refractivity contribution in [1.29, 1.82) is 0 Å². The molecule has 1 aromatic rings. The molecule has 3 aliphatic rings. The summed E-state index contributed by atoms with van der Waals surface area (Å²) in [5, 5.41) is 0. The lowest BCUT2D eigenvalue weighted by Crippen LogP contribution is -2.46. The number of nitrogens with zero attached hydrogens (tertiary/aromatic N) is 1. The summed E-state index contributed by atoms with van der Waals surface area (Å²) < 4.78 is 26.5. The van der Waals surface area contributed by atoms with Crippen molar-refractivity contribution in [2.45, 2.75) is 39.2 Å². The van der Waals surface area contributed by atoms with Crippen molar-refractivity contribution in [2.24, 2.45) is 16.7 Å². The molecule has 2 bridgehead atoms. The highest BCUT2D eigenvalue weighted by Crippen LogP contribution is 2.69. The van der Waals surface area contributed by atoms with Crippen molar-refractivity contribution < 1.29 is 18.0 Å². The van der Waals surface area contributed by atoms with E-state index in [1.807, 2.05) is 0 Å². The summed E-state index contributed by atoms with van der Waals surface area (Å²) in [5.41, 5.74) is -0.278. The van der Waals surface area contributed by atoms with E-state index < -0.39 is 27.1 Å². The van der Waals surface area contributed by atoms with Gasteiger partial charge in [-0.05, 0) is 30.6 Å². The quantitative estimate of drug-likeness (QED) is 0.607. The molecule has 0 N–H and O–H groups in total. The molecule has 1 heterocycles. The van der Waals surface area contributed by atoms with Crippen LogP contribution >= 0.6 is 0 Å². The molecule has 128 valence electrons. The Morgan fingerprint density at radius 1 is 1.17 bits per heavy atom. The molecule has 0 unspecified atom stereocenters. The molecule has 3 atom stereocenters. The van der Waals surface area contributed by atoms with Crippen LogP contribution < -0.4 is 0 Å². The Hall–Kier alpha value is -1.69. The standard InChI is InChI=1S/C18H21NO4S/c1-17(2)13-8-9-18(17)11-24(22,23)19(14(18)10-13)16(21)15(20)12-6-4-3-5-7-12/h3-7,13-14H,8-11H2,1-2H3/t13-,14-,18-/m1/s1. The van der Waals surface area contributed by atoms with Gasteiger partial charge in [0.25, 0.3) is 5.78 Å². The molecular formula is C18H21NO4S. The predicted molar refractivity (Wildman–Crippen MR) is 88.7 cm³/mol. The summed E-state index contributed by atoms with van der Waals surface area (Å²) >= 11 is 0. The topological polar surface area (TPSA) is 71.5 Å². The zero-order chi connectivity index (χ0) is 17.3. The van der Waals surface area contributed by atoms with Crippen molar-refractivity contribution in [2.75, 3.05) is 5.75 Å². The van der Waals surface area contributed by atoms with Crippen molar-refractivity contribution >= 4 is 21.7 Å². The summed E-state index contributed by atoms with van der Waals surface area (Å²) in [6.07, 6.45) is 2.51. The van der Waals surface area contributed by atoms with Crippen LogP contribution in [0.3, 0.4) is 0 Å². The highest BCUT2D eigenvalue weighted by Gasteiger charge is 2.72. The van der Waals surface area contributed by atoms with Gasteiger partial charge >= 0.3 is 5.91 Å². The van der Waals surface area contributed by atoms with Gasteiger partial charge in [-0.1, -0.05) is 44.2 Å². The van der Waals surface area contributed by atoms with Crippen molar-refractivity contribution in [3.63, 3.8) is 0 Å². The number of hydrogen-bond acceptors (Lipinski definition) is 4. The van der Waals surface area contributed by atoms with Gasteiger partial charge in [0.05, 0.1) is 11.8 Å². The monoisotopic (exact) mass is 347 g/mol. The van der Waals surface area contributed by atoms with Gasteiger partial charge in [-0.2, -0.15) is 0 Å². The van der Waals surface area contributed by atoms with Crippen LogP contribution in [0.1, 0.15) is 43.5 Å². The number of carbonyl (C=O) groups is 2.